The summed E-state index contributed by atoms with van der Waals surface area (Å²) in [5.74, 6) is -2.98. The van der Waals surface area contributed by atoms with E-state index < -0.39 is 20.4 Å². The summed E-state index contributed by atoms with van der Waals surface area (Å²) in [6, 6.07) is 74.0. The second-order valence-corrected chi connectivity index (χ2v) is 27.7. The number of carbonyl (C=O) groups excluding carboxylic acids is 11. The van der Waals surface area contributed by atoms with Gasteiger partial charge in [0.1, 0.15) is 0 Å². The Hall–Kier alpha value is -14.2. The first-order valence-corrected chi connectivity index (χ1v) is 37.4. The van der Waals surface area contributed by atoms with Crippen molar-refractivity contribution in [1.82, 2.24) is 0 Å². The number of carboxylic acids is 1. The number of halogens is 3. The van der Waals surface area contributed by atoms with Gasteiger partial charge in [-0.3, -0.25) is 52.7 Å². The highest BCUT2D eigenvalue weighted by molar-refractivity contribution is 8.26. The number of carboxylic acid groups (broad SMARTS) is 1. The van der Waals surface area contributed by atoms with Gasteiger partial charge in [0.05, 0.1) is 22.4 Å². The van der Waals surface area contributed by atoms with Crippen LogP contribution in [0, 0.1) is 0 Å². The van der Waals surface area contributed by atoms with Crippen LogP contribution in [-0.2, 0) is 9.23 Å². The highest BCUT2D eigenvalue weighted by Crippen LogP contribution is 2.35. The lowest BCUT2D eigenvalue weighted by atomic mass is 9.83. The van der Waals surface area contributed by atoms with Gasteiger partial charge < -0.3 is 27.2 Å². The van der Waals surface area contributed by atoms with E-state index in [0.29, 0.717) is 128 Å². The largest absolute Gasteiger partial charge is 0.478 e. The van der Waals surface area contributed by atoms with Gasteiger partial charge >= 0.3 is 5.97 Å². The molecule has 0 heterocycles. The molecule has 16 rings (SSSR count). The van der Waals surface area contributed by atoms with Crippen LogP contribution in [0.25, 0.3) is 24.3 Å². The smallest absolute Gasteiger partial charge is 0.335 e. The standard InChI is InChI=1S/2C23H15NO3.2C14H9NO2.C9H7ClO.C9H8O2.2CH4.2B.Cl2OS.H2/c1-2-14-10-12-15(13-11-14)23(27)24-19-9-5-8-18-20(19)22(26)17-7-4-3-6-16(17)21(18)25;1-2-14-7-9-15(10-8-14)23(27)24-16-11-12-19-20(13-16)22(26)18-6-4-3-5-17(18)21(19)25;15-11-7-3-6-10-12(11)14(17)9-5-2-1-4-8(9)13(10)16;15-8-5-6-11-12(7-8)14(17)10-4-2-1-3-9(10)13(11)16;2*1-2-7-3-5-8(6-4-7)9(10)11;;;;;1-4(2)3;/h2*2-13H,1H2,(H,24,27);2*1-7H,15H2;2-6H,1H2;2-6H,1H2,(H,10,11);2*1H4;;;;1H/i;;;;;;;;;;;1+1. The number of nitrogens with one attached hydrogen (secondary N) is 2. The predicted molar refractivity (Wildman–Crippen MR) is 474 cm³/mol. The first kappa shape index (κ1) is 92.7. The molecule has 0 bridgehead atoms. The van der Waals surface area contributed by atoms with Crippen molar-refractivity contribution in [1.29, 1.82) is 0 Å². The summed E-state index contributed by atoms with van der Waals surface area (Å²) in [6.07, 6.45) is 6.77. The highest BCUT2D eigenvalue weighted by atomic mass is 36.0. The molecule has 24 heteroatoms. The van der Waals surface area contributed by atoms with Crippen molar-refractivity contribution in [3.8, 4) is 0 Å². The van der Waals surface area contributed by atoms with Gasteiger partial charge in [-0.1, -0.05) is 235 Å². The minimum Gasteiger partial charge on any atom is -0.478 e. The van der Waals surface area contributed by atoms with Crippen LogP contribution in [-0.4, -0.2) is 95.4 Å². The summed E-state index contributed by atoms with van der Waals surface area (Å²) >= 11 is 5.23. The number of anilines is 4. The second kappa shape index (κ2) is 42.2. The van der Waals surface area contributed by atoms with E-state index in [9.17, 15) is 57.5 Å². The lowest BCUT2D eigenvalue weighted by Gasteiger charge is -2.20. The predicted octanol–water partition coefficient (Wildman–Crippen LogP) is 19.3. The molecule has 0 unspecified atom stereocenters. The van der Waals surface area contributed by atoms with Crippen LogP contribution in [0.4, 0.5) is 22.7 Å². The Balaban J connectivity index is 0.000000257. The van der Waals surface area contributed by atoms with E-state index in [-0.39, 0.29) is 96.7 Å². The number of aromatic carboxylic acids is 1. The number of hydrogen-bond donors (Lipinski definition) is 5. The molecule has 7 N–H and O–H groups in total. The summed E-state index contributed by atoms with van der Waals surface area (Å²) in [5, 5.41) is 13.6. The molecule has 0 saturated heterocycles. The molecule has 4 aliphatic carbocycles. The van der Waals surface area contributed by atoms with E-state index in [4.69, 9.17) is 32.4 Å². The zero-order valence-electron chi connectivity index (χ0n) is 61.1. The Morgan fingerprint density at radius 3 is 0.983 bits per heavy atom. The molecule has 4 aliphatic rings. The van der Waals surface area contributed by atoms with Crippen molar-refractivity contribution >= 4 is 175 Å². The van der Waals surface area contributed by atoms with Crippen LogP contribution < -0.4 is 22.1 Å². The average Bonchev–Trinajstić information content (AvgIpc) is 0.760. The maximum atomic E-state index is 13.0. The number of amides is 2. The minimum atomic E-state index is -1.67. The monoisotopic (exact) mass is 1640 g/mol. The molecular formula is C94H73B2Cl3N4O14S. The van der Waals surface area contributed by atoms with Gasteiger partial charge in [-0.05, 0) is 131 Å². The number of rotatable bonds is 10. The molecule has 0 spiro atoms. The first-order valence-electron chi connectivity index (χ1n) is 34.3. The summed E-state index contributed by atoms with van der Waals surface area (Å²) in [5.41, 5.74) is 24.7. The molecule has 0 aromatic heterocycles. The Labute approximate surface area is 702 Å². The Kier molecular flexibility index (Phi) is 33.2. The topological polar surface area (TPSA) is 318 Å². The van der Waals surface area contributed by atoms with Gasteiger partial charge in [0, 0.05) is 151 Å². The van der Waals surface area contributed by atoms with Crippen LogP contribution in [0.1, 0.15) is 207 Å². The molecule has 12 aromatic carbocycles. The summed E-state index contributed by atoms with van der Waals surface area (Å²) in [7, 11) is 7.36. The fourth-order valence-corrected chi connectivity index (χ4v) is 12.3. The van der Waals surface area contributed by atoms with E-state index >= 15 is 0 Å². The fourth-order valence-electron chi connectivity index (χ4n) is 12.2. The fraction of sp³-hybridized carbons (Fsp3) is 0.0213. The van der Waals surface area contributed by atoms with Crippen molar-refractivity contribution in [3.05, 3.63) is 427 Å². The molecule has 0 aliphatic heterocycles. The van der Waals surface area contributed by atoms with Crippen LogP contribution in [0.2, 0.25) is 0 Å². The van der Waals surface area contributed by atoms with E-state index in [1.807, 2.05) is 0 Å². The lowest BCUT2D eigenvalue weighted by molar-refractivity contribution is 0.0694. The number of fused-ring (bicyclic) bond motifs is 8. The minimum absolute atomic E-state index is 0. The molecule has 18 nitrogen and oxygen atoms in total. The van der Waals surface area contributed by atoms with Crippen molar-refractivity contribution < 1.29 is 68.3 Å². The van der Waals surface area contributed by atoms with E-state index in [1.54, 1.807) is 291 Å². The molecular weight excluding hydrogens is 1570 g/mol. The van der Waals surface area contributed by atoms with Crippen molar-refractivity contribution in [2.24, 2.45) is 0 Å². The SMILES string of the molecule is C.C.C=Cc1ccc(C(=O)Cl)cc1.C=Cc1ccc(C(=O)Nc2ccc3c(c2)C(=O)c2ccccc2C3=O)cc1.C=Cc1ccc(C(=O)Nc2cccc3c2C(=O)c2ccccc2C3=O)cc1.C=Cc1ccc(C(=O)O)cc1.Nc1ccc2c(c1)C(=O)c1ccccc1C2=O.Nc1cccc2c1C(=O)c1ccccc1C2=O.O=S(Cl)Cl.[2HH].[B].[B]. The lowest BCUT2D eigenvalue weighted by Crippen LogP contribution is -2.23. The van der Waals surface area contributed by atoms with Gasteiger partial charge in [-0.15, -0.1) is 0 Å². The maximum absolute atomic E-state index is 13.0. The van der Waals surface area contributed by atoms with Crippen LogP contribution in [0.15, 0.2) is 293 Å². The summed E-state index contributed by atoms with van der Waals surface area (Å²) < 4.78 is 9.09. The third kappa shape index (κ3) is 21.4. The zero-order chi connectivity index (χ0) is 82.0. The molecule has 2 amide bonds. The molecule has 12 aromatic rings. The third-order valence-corrected chi connectivity index (χ3v) is 18.1. The summed E-state index contributed by atoms with van der Waals surface area (Å²) in [4.78, 5) is 146. The average molecular weight is 1640 g/mol. The Morgan fingerprint density at radius 1 is 0.339 bits per heavy atom. The molecule has 0 fully saturated rings. The first-order chi connectivity index (χ1) is 54.8. The molecule has 0 saturated carbocycles. The molecule has 6 radical (unpaired) electrons. The number of carbonyl (C=O) groups is 12. The van der Waals surface area contributed by atoms with Crippen LogP contribution >= 0.6 is 33.0 Å². The molecule has 118 heavy (non-hydrogen) atoms. The Morgan fingerprint density at radius 2 is 0.619 bits per heavy atom. The van der Waals surface area contributed by atoms with Crippen molar-refractivity contribution in [3.63, 3.8) is 0 Å². The van der Waals surface area contributed by atoms with Gasteiger partial charge in [0.25, 0.3) is 17.1 Å². The van der Waals surface area contributed by atoms with Gasteiger partial charge in [0.2, 0.25) is 9.23 Å². The number of nitrogen functional groups attached to an aromatic ring is 2. The quantitative estimate of drug-likeness (QED) is 0.0483. The highest BCUT2D eigenvalue weighted by Gasteiger charge is 2.35. The summed E-state index contributed by atoms with van der Waals surface area (Å²) in [6.45, 7) is 14.5. The normalized spacial score (nSPS) is 11.4. The van der Waals surface area contributed by atoms with E-state index in [0.717, 1.165) is 22.3 Å². The van der Waals surface area contributed by atoms with Crippen molar-refractivity contribution in [2.75, 3.05) is 22.1 Å². The Bertz CT molecular complexity index is 5910. The van der Waals surface area contributed by atoms with Crippen LogP contribution in [0.5, 0.6) is 0 Å². The van der Waals surface area contributed by atoms with E-state index in [2.05, 4.69) is 58.3 Å². The van der Waals surface area contributed by atoms with E-state index in [1.165, 1.54) is 0 Å². The van der Waals surface area contributed by atoms with Gasteiger partial charge in [-0.2, -0.15) is 0 Å². The third-order valence-electron chi connectivity index (χ3n) is 17.9. The maximum Gasteiger partial charge on any atom is 0.335 e. The van der Waals surface area contributed by atoms with Gasteiger partial charge in [-0.25, -0.2) is 9.00 Å². The molecule has 586 valence electrons. The van der Waals surface area contributed by atoms with Gasteiger partial charge in [0.15, 0.2) is 46.3 Å². The molecule has 0 atom stereocenters. The van der Waals surface area contributed by atoms with Crippen molar-refractivity contribution in [2.45, 2.75) is 14.9 Å². The number of benzene rings is 12. The number of hydrogen-bond acceptors (Lipinski definition) is 15. The number of nitrogens with two attached hydrogens (primary N) is 2. The van der Waals surface area contributed by atoms with Crippen LogP contribution in [0.3, 0.4) is 0 Å². The second-order valence-electron chi connectivity index (χ2n) is 24.9. The zero-order valence-corrected chi connectivity index (χ0v) is 64.2. The number of ketones is 8.